The zero-order valence-electron chi connectivity index (χ0n) is 8.54. The molecule has 1 amide bonds. The number of nitrogens with zero attached hydrogens (tertiary/aromatic N) is 1. The number of carbonyl (C=O) groups excluding carboxylic acids is 1. The van der Waals surface area contributed by atoms with Crippen LogP contribution in [0.25, 0.3) is 0 Å². The number of carbonyl (C=O) groups is 1. The van der Waals surface area contributed by atoms with Gasteiger partial charge in [-0.3, -0.25) is 4.79 Å². The summed E-state index contributed by atoms with van der Waals surface area (Å²) in [6.07, 6.45) is 2.82. The number of nitrogens with one attached hydrogen (secondary N) is 1. The molecule has 0 aromatic rings. The van der Waals surface area contributed by atoms with Crippen LogP contribution in [0.2, 0.25) is 0 Å². The van der Waals surface area contributed by atoms with E-state index in [2.05, 4.69) is 5.32 Å². The van der Waals surface area contributed by atoms with Gasteiger partial charge in [-0.15, -0.1) is 0 Å². The maximum atomic E-state index is 11.8. The second kappa shape index (κ2) is 4.28. The number of amides is 1. The van der Waals surface area contributed by atoms with Gasteiger partial charge in [-0.2, -0.15) is 0 Å². The Kier molecular flexibility index (Phi) is 3.03. The van der Waals surface area contributed by atoms with E-state index < -0.39 is 0 Å². The molecular formula is C10H19N3O. The third kappa shape index (κ3) is 2.25. The molecule has 2 heterocycles. The van der Waals surface area contributed by atoms with E-state index in [9.17, 15) is 4.79 Å². The summed E-state index contributed by atoms with van der Waals surface area (Å²) in [6.45, 7) is 3.70. The largest absolute Gasteiger partial charge is 0.341 e. The quantitative estimate of drug-likeness (QED) is 0.630. The van der Waals surface area contributed by atoms with E-state index in [0.717, 1.165) is 39.0 Å². The van der Waals surface area contributed by atoms with Gasteiger partial charge in [0.05, 0.1) is 0 Å². The van der Waals surface area contributed by atoms with Crippen molar-refractivity contribution in [2.45, 2.75) is 25.3 Å². The lowest BCUT2D eigenvalue weighted by Crippen LogP contribution is -2.33. The van der Waals surface area contributed by atoms with Crippen LogP contribution in [-0.2, 0) is 4.79 Å². The van der Waals surface area contributed by atoms with E-state index in [0.29, 0.717) is 18.2 Å². The van der Waals surface area contributed by atoms with Crippen molar-refractivity contribution in [3.05, 3.63) is 0 Å². The van der Waals surface area contributed by atoms with Crippen molar-refractivity contribution < 1.29 is 4.79 Å². The number of rotatable bonds is 2. The fourth-order valence-electron chi connectivity index (χ4n) is 2.28. The summed E-state index contributed by atoms with van der Waals surface area (Å²) in [5.41, 5.74) is 5.76. The number of nitrogens with two attached hydrogens (primary N) is 1. The van der Waals surface area contributed by atoms with Crippen LogP contribution >= 0.6 is 0 Å². The van der Waals surface area contributed by atoms with E-state index in [1.165, 1.54) is 0 Å². The average molecular weight is 197 g/mol. The van der Waals surface area contributed by atoms with Gasteiger partial charge in [-0.05, 0) is 31.8 Å². The molecule has 3 N–H and O–H groups in total. The van der Waals surface area contributed by atoms with Crippen molar-refractivity contribution in [1.29, 1.82) is 0 Å². The lowest BCUT2D eigenvalue weighted by atomic mass is 10.0. The first-order chi connectivity index (χ1) is 6.75. The second-order valence-electron chi connectivity index (χ2n) is 4.45. The lowest BCUT2D eigenvalue weighted by Gasteiger charge is -2.17. The third-order valence-corrected chi connectivity index (χ3v) is 3.20. The summed E-state index contributed by atoms with van der Waals surface area (Å²) < 4.78 is 0. The summed E-state index contributed by atoms with van der Waals surface area (Å²) in [5.74, 6) is 0.853. The molecule has 0 saturated carbocycles. The van der Waals surface area contributed by atoms with Gasteiger partial charge in [0.15, 0.2) is 0 Å². The Labute approximate surface area is 84.8 Å². The molecule has 2 atom stereocenters. The summed E-state index contributed by atoms with van der Waals surface area (Å²) in [7, 11) is 0. The minimum absolute atomic E-state index is 0.209. The predicted molar refractivity (Wildman–Crippen MR) is 54.8 cm³/mol. The molecule has 2 rings (SSSR count). The molecule has 4 heteroatoms. The Hall–Kier alpha value is -0.610. The summed E-state index contributed by atoms with van der Waals surface area (Å²) >= 11 is 0. The fourth-order valence-corrected chi connectivity index (χ4v) is 2.28. The number of hydrogen-bond acceptors (Lipinski definition) is 3. The average Bonchev–Trinajstić information content (AvgIpc) is 2.75. The SMILES string of the molecule is N[C@H]1CCN(C(=O)C[C@@H]2CCNC2)C1. The van der Waals surface area contributed by atoms with Gasteiger partial charge in [0.2, 0.25) is 5.91 Å². The smallest absolute Gasteiger partial charge is 0.222 e. The van der Waals surface area contributed by atoms with E-state index in [1.807, 2.05) is 4.90 Å². The highest BCUT2D eigenvalue weighted by molar-refractivity contribution is 5.76. The minimum atomic E-state index is 0.209. The highest BCUT2D eigenvalue weighted by Crippen LogP contribution is 2.16. The molecule has 4 nitrogen and oxygen atoms in total. The third-order valence-electron chi connectivity index (χ3n) is 3.20. The Morgan fingerprint density at radius 3 is 2.93 bits per heavy atom. The zero-order valence-corrected chi connectivity index (χ0v) is 8.54. The number of likely N-dealkylation sites (tertiary alicyclic amines) is 1. The van der Waals surface area contributed by atoms with Gasteiger partial charge in [-0.25, -0.2) is 0 Å². The van der Waals surface area contributed by atoms with Crippen molar-refractivity contribution in [1.82, 2.24) is 10.2 Å². The maximum Gasteiger partial charge on any atom is 0.222 e. The van der Waals surface area contributed by atoms with Crippen LogP contribution in [0.5, 0.6) is 0 Å². The van der Waals surface area contributed by atoms with Crippen LogP contribution in [-0.4, -0.2) is 43.0 Å². The minimum Gasteiger partial charge on any atom is -0.341 e. The van der Waals surface area contributed by atoms with Crippen LogP contribution in [0.3, 0.4) is 0 Å². The molecule has 2 saturated heterocycles. The lowest BCUT2D eigenvalue weighted by molar-refractivity contribution is -0.131. The molecule has 0 aliphatic carbocycles. The normalized spacial score (nSPS) is 32.5. The van der Waals surface area contributed by atoms with Crippen molar-refractivity contribution in [3.63, 3.8) is 0 Å². The van der Waals surface area contributed by atoms with E-state index >= 15 is 0 Å². The first-order valence-electron chi connectivity index (χ1n) is 5.50. The first kappa shape index (κ1) is 9.93. The van der Waals surface area contributed by atoms with Crippen molar-refractivity contribution >= 4 is 5.91 Å². The van der Waals surface area contributed by atoms with Crippen molar-refractivity contribution in [2.24, 2.45) is 11.7 Å². The van der Waals surface area contributed by atoms with Crippen molar-refractivity contribution in [2.75, 3.05) is 26.2 Å². The summed E-state index contributed by atoms with van der Waals surface area (Å²) in [6, 6.07) is 0.209. The van der Waals surface area contributed by atoms with Gasteiger partial charge in [0, 0.05) is 25.6 Å². The van der Waals surface area contributed by atoms with Crippen LogP contribution in [0.4, 0.5) is 0 Å². The maximum absolute atomic E-state index is 11.8. The Morgan fingerprint density at radius 2 is 2.36 bits per heavy atom. The molecule has 14 heavy (non-hydrogen) atoms. The first-order valence-corrected chi connectivity index (χ1v) is 5.50. The molecule has 0 aromatic carbocycles. The monoisotopic (exact) mass is 197 g/mol. The van der Waals surface area contributed by atoms with Gasteiger partial charge < -0.3 is 16.0 Å². The molecule has 2 aliphatic rings. The molecule has 0 unspecified atom stereocenters. The fraction of sp³-hybridized carbons (Fsp3) is 0.900. The van der Waals surface area contributed by atoms with E-state index in [-0.39, 0.29) is 6.04 Å². The second-order valence-corrected chi connectivity index (χ2v) is 4.45. The molecule has 0 bridgehead atoms. The molecule has 2 fully saturated rings. The zero-order chi connectivity index (χ0) is 9.97. The summed E-state index contributed by atoms with van der Waals surface area (Å²) in [4.78, 5) is 13.7. The van der Waals surface area contributed by atoms with Crippen LogP contribution in [0.1, 0.15) is 19.3 Å². The highest BCUT2D eigenvalue weighted by Gasteiger charge is 2.26. The standard InChI is InChI=1S/C10H19N3O/c11-9-2-4-13(7-9)10(14)5-8-1-3-12-6-8/h8-9,12H,1-7,11H2/t8-,9-/m0/s1. The Morgan fingerprint density at radius 1 is 1.50 bits per heavy atom. The Balaban J connectivity index is 1.77. The van der Waals surface area contributed by atoms with Crippen LogP contribution in [0.15, 0.2) is 0 Å². The highest BCUT2D eigenvalue weighted by atomic mass is 16.2. The topological polar surface area (TPSA) is 58.4 Å². The predicted octanol–water partition coefficient (Wildman–Crippen LogP) is -0.454. The molecule has 0 radical (unpaired) electrons. The van der Waals surface area contributed by atoms with Gasteiger partial charge in [-0.1, -0.05) is 0 Å². The van der Waals surface area contributed by atoms with Crippen molar-refractivity contribution in [3.8, 4) is 0 Å². The van der Waals surface area contributed by atoms with E-state index in [4.69, 9.17) is 5.73 Å². The Bertz CT molecular complexity index is 213. The van der Waals surface area contributed by atoms with Crippen LogP contribution in [0, 0.1) is 5.92 Å². The number of hydrogen-bond donors (Lipinski definition) is 2. The van der Waals surface area contributed by atoms with Gasteiger partial charge >= 0.3 is 0 Å². The van der Waals surface area contributed by atoms with Gasteiger partial charge in [0.25, 0.3) is 0 Å². The van der Waals surface area contributed by atoms with E-state index in [1.54, 1.807) is 0 Å². The molecular weight excluding hydrogens is 178 g/mol. The molecule has 2 aliphatic heterocycles. The van der Waals surface area contributed by atoms with Gasteiger partial charge in [0.1, 0.15) is 0 Å². The molecule has 0 spiro atoms. The summed E-state index contributed by atoms with van der Waals surface area (Å²) in [5, 5.41) is 3.28. The molecule has 0 aromatic heterocycles. The molecule has 80 valence electrons. The van der Waals surface area contributed by atoms with Crippen LogP contribution < -0.4 is 11.1 Å².